The number of non-ortho nitro benzene ring substituents is 1. The van der Waals surface area contributed by atoms with Crippen LogP contribution in [-0.4, -0.2) is 15.7 Å². The van der Waals surface area contributed by atoms with Gasteiger partial charge in [0.25, 0.3) is 5.69 Å². The Bertz CT molecular complexity index is 605. The number of hydrogen-bond acceptors (Lipinski definition) is 6. The molecule has 1 aromatic heterocycles. The minimum absolute atomic E-state index is 0.0937. The second-order valence-corrected chi connectivity index (χ2v) is 4.24. The van der Waals surface area contributed by atoms with Crippen molar-refractivity contribution in [3.8, 4) is 0 Å². The zero-order valence-electron chi connectivity index (χ0n) is 8.26. The van der Waals surface area contributed by atoms with Gasteiger partial charge in [-0.25, -0.2) is 4.98 Å². The Kier molecular flexibility index (Phi) is 2.31. The molecule has 0 radical (unpaired) electrons. The van der Waals surface area contributed by atoms with Crippen molar-refractivity contribution >= 4 is 38.7 Å². The highest BCUT2D eigenvalue weighted by Gasteiger charge is 2.15. The number of fused-ring (bicyclic) bond motifs is 1. The third kappa shape index (κ3) is 1.61. The summed E-state index contributed by atoms with van der Waals surface area (Å²) in [6.07, 6.45) is 0. The molecule has 2 aromatic rings. The first-order chi connectivity index (χ1) is 7.49. The summed E-state index contributed by atoms with van der Waals surface area (Å²) < 4.78 is 0.553. The van der Waals surface area contributed by atoms with Crippen molar-refractivity contribution in [2.75, 3.05) is 5.73 Å². The molecule has 0 aliphatic heterocycles. The van der Waals surface area contributed by atoms with Crippen LogP contribution < -0.4 is 5.73 Å². The van der Waals surface area contributed by atoms with Gasteiger partial charge in [-0.1, -0.05) is 0 Å². The van der Waals surface area contributed by atoms with Crippen molar-refractivity contribution in [3.63, 3.8) is 0 Å². The van der Waals surface area contributed by atoms with Crippen LogP contribution in [0.4, 0.5) is 11.4 Å². The highest BCUT2D eigenvalue weighted by molar-refractivity contribution is 7.20. The molecule has 2 rings (SSSR count). The fourth-order valence-electron chi connectivity index (χ4n) is 1.30. The average molecular weight is 237 g/mol. The molecule has 0 fully saturated rings. The molecule has 1 aromatic carbocycles. The zero-order valence-corrected chi connectivity index (χ0v) is 9.08. The summed E-state index contributed by atoms with van der Waals surface area (Å²) in [7, 11) is 0. The first kappa shape index (κ1) is 10.5. The van der Waals surface area contributed by atoms with E-state index in [2.05, 4.69) is 4.98 Å². The lowest BCUT2D eigenvalue weighted by Gasteiger charge is -1.94. The zero-order chi connectivity index (χ0) is 11.9. The quantitative estimate of drug-likeness (QED) is 0.372. The molecule has 0 amide bonds. The summed E-state index contributed by atoms with van der Waals surface area (Å²) in [5.74, 6) is -0.178. The number of rotatable bonds is 2. The van der Waals surface area contributed by atoms with Crippen LogP contribution in [0.3, 0.4) is 0 Å². The number of benzene rings is 1. The van der Waals surface area contributed by atoms with E-state index in [0.29, 0.717) is 15.2 Å². The molecule has 82 valence electrons. The number of nitrogens with zero attached hydrogens (tertiary/aromatic N) is 2. The maximum Gasteiger partial charge on any atom is 0.273 e. The van der Waals surface area contributed by atoms with Crippen molar-refractivity contribution in [1.29, 1.82) is 0 Å². The molecule has 1 heterocycles. The van der Waals surface area contributed by atoms with Gasteiger partial charge in [0.05, 0.1) is 15.3 Å². The van der Waals surface area contributed by atoms with Crippen LogP contribution in [0.25, 0.3) is 10.2 Å². The van der Waals surface area contributed by atoms with Gasteiger partial charge in [-0.05, 0) is 0 Å². The summed E-state index contributed by atoms with van der Waals surface area (Å²) in [4.78, 5) is 25.2. The molecule has 2 N–H and O–H groups in total. The standard InChI is InChI=1S/C9H7N3O3S/c1-4(13)9-11-8-6(10)2-5(12(14)15)3-7(8)16-9/h2-3H,10H2,1H3. The monoisotopic (exact) mass is 237 g/mol. The molecule has 0 bridgehead atoms. The fourth-order valence-corrected chi connectivity index (χ4v) is 2.23. The summed E-state index contributed by atoms with van der Waals surface area (Å²) in [6, 6.07) is 2.61. The highest BCUT2D eigenvalue weighted by Crippen LogP contribution is 2.31. The predicted molar refractivity (Wildman–Crippen MR) is 60.7 cm³/mol. The largest absolute Gasteiger partial charge is 0.397 e. The van der Waals surface area contributed by atoms with Crippen molar-refractivity contribution in [3.05, 3.63) is 27.3 Å². The number of nitrogens with two attached hydrogens (primary N) is 1. The Morgan fingerprint density at radius 3 is 2.81 bits per heavy atom. The molecule has 16 heavy (non-hydrogen) atoms. The van der Waals surface area contributed by atoms with Crippen molar-refractivity contribution < 1.29 is 9.72 Å². The van der Waals surface area contributed by atoms with Gasteiger partial charge in [-0.3, -0.25) is 14.9 Å². The molecule has 0 aliphatic carbocycles. The van der Waals surface area contributed by atoms with Crippen LogP contribution in [-0.2, 0) is 0 Å². The average Bonchev–Trinajstić information content (AvgIpc) is 2.61. The number of nitro groups is 1. The number of hydrogen-bond donors (Lipinski definition) is 1. The van der Waals surface area contributed by atoms with Crippen LogP contribution in [0, 0.1) is 10.1 Å². The van der Waals surface area contributed by atoms with E-state index in [0.717, 1.165) is 11.3 Å². The van der Waals surface area contributed by atoms with Crippen LogP contribution in [0.2, 0.25) is 0 Å². The molecule has 0 aliphatic rings. The molecular formula is C9H7N3O3S. The van der Waals surface area contributed by atoms with Gasteiger partial charge in [-0.15, -0.1) is 11.3 Å². The van der Waals surface area contributed by atoms with Gasteiger partial charge in [-0.2, -0.15) is 0 Å². The number of nitro benzene ring substituents is 1. The summed E-state index contributed by atoms with van der Waals surface area (Å²) in [5.41, 5.74) is 6.20. The van der Waals surface area contributed by atoms with Gasteiger partial charge in [0.1, 0.15) is 5.52 Å². The fraction of sp³-hybridized carbons (Fsp3) is 0.111. The van der Waals surface area contributed by atoms with E-state index in [1.54, 1.807) is 0 Å². The highest BCUT2D eigenvalue weighted by atomic mass is 32.1. The normalized spacial score (nSPS) is 10.6. The third-order valence-corrected chi connectivity index (χ3v) is 3.12. The molecule has 0 saturated heterocycles. The van der Waals surface area contributed by atoms with Crippen LogP contribution in [0.15, 0.2) is 12.1 Å². The number of nitrogen functional groups attached to an aromatic ring is 1. The summed E-state index contributed by atoms with van der Waals surface area (Å²) in [5, 5.41) is 10.9. The van der Waals surface area contributed by atoms with Crippen LogP contribution in [0.5, 0.6) is 0 Å². The smallest absolute Gasteiger partial charge is 0.273 e. The number of carbonyl (C=O) groups is 1. The number of Topliss-reactive ketones (excluding diaryl/α,β-unsaturated/α-hetero) is 1. The van der Waals surface area contributed by atoms with Crippen LogP contribution >= 0.6 is 11.3 Å². The second-order valence-electron chi connectivity index (χ2n) is 3.21. The SMILES string of the molecule is CC(=O)c1nc2c(N)cc([N+](=O)[O-])cc2s1. The topological polar surface area (TPSA) is 99.1 Å². The number of thiazole rings is 1. The van der Waals surface area contributed by atoms with E-state index in [1.165, 1.54) is 19.1 Å². The van der Waals surface area contributed by atoms with Crippen molar-refractivity contribution in [2.45, 2.75) is 6.92 Å². The second kappa shape index (κ2) is 3.53. The number of carbonyl (C=O) groups excluding carboxylic acids is 1. The Morgan fingerprint density at radius 2 is 2.25 bits per heavy atom. The molecule has 0 unspecified atom stereocenters. The summed E-state index contributed by atoms with van der Waals surface area (Å²) >= 11 is 1.11. The Hall–Kier alpha value is -2.02. The molecule has 0 saturated carbocycles. The van der Waals surface area contributed by atoms with E-state index in [-0.39, 0.29) is 17.2 Å². The molecular weight excluding hydrogens is 230 g/mol. The van der Waals surface area contributed by atoms with Crippen molar-refractivity contribution in [1.82, 2.24) is 4.98 Å². The van der Waals surface area contributed by atoms with E-state index in [9.17, 15) is 14.9 Å². The molecule has 7 heteroatoms. The Balaban J connectivity index is 2.72. The van der Waals surface area contributed by atoms with E-state index in [1.807, 2.05) is 0 Å². The van der Waals surface area contributed by atoms with Crippen molar-refractivity contribution in [2.24, 2.45) is 0 Å². The molecule has 0 spiro atoms. The lowest BCUT2D eigenvalue weighted by Crippen LogP contribution is -1.93. The van der Waals surface area contributed by atoms with E-state index >= 15 is 0 Å². The molecule has 6 nitrogen and oxygen atoms in total. The van der Waals surface area contributed by atoms with Gasteiger partial charge in [0, 0.05) is 19.1 Å². The van der Waals surface area contributed by atoms with Gasteiger partial charge < -0.3 is 5.73 Å². The first-order valence-corrected chi connectivity index (χ1v) is 5.16. The van der Waals surface area contributed by atoms with Gasteiger partial charge >= 0.3 is 0 Å². The lowest BCUT2D eigenvalue weighted by molar-refractivity contribution is -0.384. The minimum Gasteiger partial charge on any atom is -0.397 e. The maximum atomic E-state index is 11.1. The predicted octanol–water partition coefficient (Wildman–Crippen LogP) is 1.99. The van der Waals surface area contributed by atoms with E-state index < -0.39 is 4.92 Å². The number of anilines is 1. The Labute approximate surface area is 93.9 Å². The van der Waals surface area contributed by atoms with Gasteiger partial charge in [0.15, 0.2) is 10.8 Å². The van der Waals surface area contributed by atoms with Crippen LogP contribution in [0.1, 0.15) is 16.7 Å². The lowest BCUT2D eigenvalue weighted by atomic mass is 10.2. The number of ketones is 1. The maximum absolute atomic E-state index is 11.1. The third-order valence-electron chi connectivity index (χ3n) is 2.02. The summed E-state index contributed by atoms with van der Waals surface area (Å²) in [6.45, 7) is 1.39. The number of aromatic nitrogens is 1. The Morgan fingerprint density at radius 1 is 1.56 bits per heavy atom. The minimum atomic E-state index is -0.525. The molecule has 0 atom stereocenters. The first-order valence-electron chi connectivity index (χ1n) is 4.34. The van der Waals surface area contributed by atoms with Gasteiger partial charge in [0.2, 0.25) is 0 Å². The van der Waals surface area contributed by atoms with E-state index in [4.69, 9.17) is 5.73 Å².